The van der Waals surface area contributed by atoms with Crippen molar-refractivity contribution in [2.24, 2.45) is 5.92 Å². The van der Waals surface area contributed by atoms with Crippen LogP contribution in [0.1, 0.15) is 42.1 Å². The Bertz CT molecular complexity index is 536. The summed E-state index contributed by atoms with van der Waals surface area (Å²) in [5, 5.41) is 11.6. The molecule has 1 aromatic heterocycles. The summed E-state index contributed by atoms with van der Waals surface area (Å²) in [4.78, 5) is 26.7. The second kappa shape index (κ2) is 6.32. The number of hydrogen-bond donors (Lipinski definition) is 2. The minimum absolute atomic E-state index is 0.125. The average Bonchev–Trinajstić information content (AvgIpc) is 3.20. The van der Waals surface area contributed by atoms with Crippen molar-refractivity contribution in [2.45, 2.75) is 32.2 Å². The lowest BCUT2D eigenvalue weighted by molar-refractivity contribution is -0.131. The lowest BCUT2D eigenvalue weighted by Gasteiger charge is -2.14. The number of nitrogens with zero attached hydrogens (tertiary/aromatic N) is 1. The van der Waals surface area contributed by atoms with E-state index in [1.807, 2.05) is 6.92 Å². The average molecular weight is 274 g/mol. The van der Waals surface area contributed by atoms with E-state index < -0.39 is 5.97 Å². The fourth-order valence-corrected chi connectivity index (χ4v) is 2.12. The van der Waals surface area contributed by atoms with Crippen LogP contribution in [0.15, 0.2) is 24.5 Å². The van der Waals surface area contributed by atoms with Crippen LogP contribution in [0, 0.1) is 5.92 Å². The standard InChI is InChI=1S/C15H18N2O3/c1-10(8-11-2-3-11)17-15(20)13-6-7-16-9-12(13)4-5-14(18)19/h4-7,9-11H,2-3,8H2,1H3,(H,17,20)(H,18,19). The van der Waals surface area contributed by atoms with Crippen molar-refractivity contribution in [2.75, 3.05) is 0 Å². The van der Waals surface area contributed by atoms with Gasteiger partial charge in [0.1, 0.15) is 0 Å². The summed E-state index contributed by atoms with van der Waals surface area (Å²) in [5.41, 5.74) is 0.950. The van der Waals surface area contributed by atoms with Crippen LogP contribution in [-0.4, -0.2) is 28.0 Å². The Labute approximate surface area is 117 Å². The van der Waals surface area contributed by atoms with E-state index in [0.717, 1.165) is 18.4 Å². The summed E-state index contributed by atoms with van der Waals surface area (Å²) < 4.78 is 0. The van der Waals surface area contributed by atoms with Crippen LogP contribution in [0.2, 0.25) is 0 Å². The number of pyridine rings is 1. The van der Waals surface area contributed by atoms with Gasteiger partial charge in [-0.3, -0.25) is 9.78 Å². The van der Waals surface area contributed by atoms with E-state index in [1.165, 1.54) is 31.3 Å². The van der Waals surface area contributed by atoms with Crippen molar-refractivity contribution in [1.29, 1.82) is 0 Å². The van der Waals surface area contributed by atoms with Crippen LogP contribution in [0.3, 0.4) is 0 Å². The predicted octanol–water partition coefficient (Wildman–Crippen LogP) is 2.10. The number of amides is 1. The minimum atomic E-state index is -1.05. The van der Waals surface area contributed by atoms with E-state index in [9.17, 15) is 9.59 Å². The predicted molar refractivity (Wildman–Crippen MR) is 75.2 cm³/mol. The Morgan fingerprint density at radius 1 is 1.55 bits per heavy atom. The second-order valence-corrected chi connectivity index (χ2v) is 5.19. The molecule has 0 bridgehead atoms. The number of carboxylic acid groups (broad SMARTS) is 1. The number of carboxylic acids is 1. The number of carbonyl (C=O) groups is 2. The van der Waals surface area contributed by atoms with Gasteiger partial charge in [-0.15, -0.1) is 0 Å². The van der Waals surface area contributed by atoms with Gasteiger partial charge in [-0.05, 0) is 31.4 Å². The van der Waals surface area contributed by atoms with E-state index in [4.69, 9.17) is 5.11 Å². The van der Waals surface area contributed by atoms with Gasteiger partial charge in [0.05, 0.1) is 0 Å². The molecular formula is C15H18N2O3. The molecule has 1 unspecified atom stereocenters. The van der Waals surface area contributed by atoms with Crippen molar-refractivity contribution in [3.8, 4) is 0 Å². The molecule has 106 valence electrons. The molecule has 2 rings (SSSR count). The smallest absolute Gasteiger partial charge is 0.328 e. The lowest BCUT2D eigenvalue weighted by Crippen LogP contribution is -2.33. The summed E-state index contributed by atoms with van der Waals surface area (Å²) in [6, 6.07) is 1.72. The van der Waals surface area contributed by atoms with E-state index in [1.54, 1.807) is 6.07 Å². The molecule has 20 heavy (non-hydrogen) atoms. The highest BCUT2D eigenvalue weighted by molar-refractivity contribution is 5.98. The van der Waals surface area contributed by atoms with Crippen LogP contribution < -0.4 is 5.32 Å². The quantitative estimate of drug-likeness (QED) is 0.778. The highest BCUT2D eigenvalue weighted by Gasteiger charge is 2.24. The van der Waals surface area contributed by atoms with Gasteiger partial charge in [0.25, 0.3) is 5.91 Å². The fourth-order valence-electron chi connectivity index (χ4n) is 2.12. The van der Waals surface area contributed by atoms with Gasteiger partial charge in [-0.25, -0.2) is 4.79 Å². The van der Waals surface area contributed by atoms with Gasteiger partial charge in [0.15, 0.2) is 0 Å². The highest BCUT2D eigenvalue weighted by atomic mass is 16.4. The molecule has 0 spiro atoms. The molecule has 1 amide bonds. The zero-order chi connectivity index (χ0) is 14.5. The zero-order valence-corrected chi connectivity index (χ0v) is 11.4. The molecule has 5 heteroatoms. The van der Waals surface area contributed by atoms with Crippen LogP contribution in [0.25, 0.3) is 6.08 Å². The Balaban J connectivity index is 2.06. The number of aliphatic carboxylic acids is 1. The monoisotopic (exact) mass is 274 g/mol. The first kappa shape index (κ1) is 14.2. The fraction of sp³-hybridized carbons (Fsp3) is 0.400. The van der Waals surface area contributed by atoms with E-state index in [0.29, 0.717) is 11.1 Å². The van der Waals surface area contributed by atoms with Gasteiger partial charge < -0.3 is 10.4 Å². The summed E-state index contributed by atoms with van der Waals surface area (Å²) in [6.07, 6.45) is 8.90. The summed E-state index contributed by atoms with van der Waals surface area (Å²) >= 11 is 0. The third kappa shape index (κ3) is 4.19. The minimum Gasteiger partial charge on any atom is -0.478 e. The Morgan fingerprint density at radius 2 is 2.30 bits per heavy atom. The summed E-state index contributed by atoms with van der Waals surface area (Å²) in [6.45, 7) is 1.99. The lowest BCUT2D eigenvalue weighted by atomic mass is 10.1. The van der Waals surface area contributed by atoms with Crippen LogP contribution in [-0.2, 0) is 4.79 Å². The maximum Gasteiger partial charge on any atom is 0.328 e. The largest absolute Gasteiger partial charge is 0.478 e. The van der Waals surface area contributed by atoms with Gasteiger partial charge in [0, 0.05) is 35.6 Å². The molecule has 5 nitrogen and oxygen atoms in total. The third-order valence-corrected chi connectivity index (χ3v) is 3.26. The van der Waals surface area contributed by atoms with Crippen LogP contribution in [0.5, 0.6) is 0 Å². The van der Waals surface area contributed by atoms with Gasteiger partial charge >= 0.3 is 5.97 Å². The first-order valence-electron chi connectivity index (χ1n) is 6.72. The van der Waals surface area contributed by atoms with E-state index in [2.05, 4.69) is 10.3 Å². The molecule has 1 atom stereocenters. The first-order valence-corrected chi connectivity index (χ1v) is 6.72. The first-order chi connectivity index (χ1) is 9.56. The van der Waals surface area contributed by atoms with Crippen molar-refractivity contribution in [3.05, 3.63) is 35.7 Å². The maximum atomic E-state index is 12.2. The van der Waals surface area contributed by atoms with Crippen LogP contribution >= 0.6 is 0 Å². The molecular weight excluding hydrogens is 256 g/mol. The number of hydrogen-bond acceptors (Lipinski definition) is 3. The number of rotatable bonds is 6. The summed E-state index contributed by atoms with van der Waals surface area (Å²) in [7, 11) is 0. The molecule has 1 saturated carbocycles. The highest BCUT2D eigenvalue weighted by Crippen LogP contribution is 2.33. The van der Waals surface area contributed by atoms with Gasteiger partial charge in [-0.2, -0.15) is 0 Å². The maximum absolute atomic E-state index is 12.2. The van der Waals surface area contributed by atoms with Gasteiger partial charge in [0.2, 0.25) is 0 Å². The topological polar surface area (TPSA) is 79.3 Å². The molecule has 0 aliphatic heterocycles. The summed E-state index contributed by atoms with van der Waals surface area (Å²) in [5.74, 6) is -0.498. The normalized spacial score (nSPS) is 16.1. The Morgan fingerprint density at radius 3 is 2.95 bits per heavy atom. The molecule has 0 radical (unpaired) electrons. The molecule has 1 fully saturated rings. The number of aromatic nitrogens is 1. The third-order valence-electron chi connectivity index (χ3n) is 3.26. The van der Waals surface area contributed by atoms with Crippen molar-refractivity contribution in [3.63, 3.8) is 0 Å². The Kier molecular flexibility index (Phi) is 4.50. The van der Waals surface area contributed by atoms with E-state index >= 15 is 0 Å². The SMILES string of the molecule is CC(CC1CC1)NC(=O)c1ccncc1C=CC(=O)O. The van der Waals surface area contributed by atoms with Crippen molar-refractivity contribution in [1.82, 2.24) is 10.3 Å². The molecule has 1 aliphatic rings. The van der Waals surface area contributed by atoms with Crippen molar-refractivity contribution < 1.29 is 14.7 Å². The molecule has 2 N–H and O–H groups in total. The molecule has 0 saturated heterocycles. The number of carbonyl (C=O) groups excluding carboxylic acids is 1. The van der Waals surface area contributed by atoms with E-state index in [-0.39, 0.29) is 11.9 Å². The molecule has 1 aliphatic carbocycles. The zero-order valence-electron chi connectivity index (χ0n) is 11.4. The molecule has 1 heterocycles. The second-order valence-electron chi connectivity index (χ2n) is 5.19. The van der Waals surface area contributed by atoms with Crippen LogP contribution in [0.4, 0.5) is 0 Å². The molecule has 0 aromatic carbocycles. The Hall–Kier alpha value is -2.17. The molecule has 1 aromatic rings. The number of nitrogens with one attached hydrogen (secondary N) is 1. The van der Waals surface area contributed by atoms with Gasteiger partial charge in [-0.1, -0.05) is 12.8 Å². The van der Waals surface area contributed by atoms with Crippen molar-refractivity contribution >= 4 is 18.0 Å².